The molecule has 24 heavy (non-hydrogen) atoms. The maximum absolute atomic E-state index is 12.2. The molecule has 0 unspecified atom stereocenters. The van der Waals surface area contributed by atoms with E-state index in [9.17, 15) is 8.42 Å². The molecule has 0 spiro atoms. The Labute approximate surface area is 145 Å². The molecule has 0 aliphatic carbocycles. The Morgan fingerprint density at radius 3 is 2.71 bits per heavy atom. The fraction of sp³-hybridized carbons (Fsp3) is 0.188. The van der Waals surface area contributed by atoms with Crippen molar-refractivity contribution in [2.45, 2.75) is 11.3 Å². The molecule has 1 N–H and O–H groups in total. The monoisotopic (exact) mass is 365 g/mol. The predicted molar refractivity (Wildman–Crippen MR) is 92.1 cm³/mol. The first kappa shape index (κ1) is 16.8. The van der Waals surface area contributed by atoms with E-state index in [0.29, 0.717) is 22.8 Å². The lowest BCUT2D eigenvalue weighted by molar-refractivity contribution is 0.417. The number of aromatic nitrogens is 2. The van der Waals surface area contributed by atoms with Crippen LogP contribution in [0.15, 0.2) is 53.7 Å². The molecule has 0 radical (unpaired) electrons. The van der Waals surface area contributed by atoms with Crippen LogP contribution in [0, 0.1) is 0 Å². The Balaban J connectivity index is 1.69. The van der Waals surface area contributed by atoms with Gasteiger partial charge in [-0.2, -0.15) is 0 Å². The van der Waals surface area contributed by atoms with E-state index < -0.39 is 10.0 Å². The molecule has 0 aliphatic rings. The van der Waals surface area contributed by atoms with Crippen molar-refractivity contribution in [3.8, 4) is 5.75 Å². The summed E-state index contributed by atoms with van der Waals surface area (Å²) in [5.41, 5.74) is 1.48. The van der Waals surface area contributed by atoms with Gasteiger partial charge in [0.1, 0.15) is 0 Å². The Morgan fingerprint density at radius 1 is 1.25 bits per heavy atom. The zero-order valence-electron chi connectivity index (χ0n) is 12.9. The molecule has 6 nitrogen and oxygen atoms in total. The molecule has 0 atom stereocenters. The first-order valence-corrected chi connectivity index (χ1v) is 9.11. The number of hydrogen-bond donors (Lipinski definition) is 1. The van der Waals surface area contributed by atoms with Crippen LogP contribution in [-0.2, 0) is 16.4 Å². The third kappa shape index (κ3) is 3.53. The van der Waals surface area contributed by atoms with E-state index in [1.54, 1.807) is 19.2 Å². The van der Waals surface area contributed by atoms with Crippen molar-refractivity contribution < 1.29 is 13.2 Å². The van der Waals surface area contributed by atoms with Crippen LogP contribution < -0.4 is 9.46 Å². The quantitative estimate of drug-likeness (QED) is 0.728. The Morgan fingerprint density at radius 2 is 2.00 bits per heavy atom. The van der Waals surface area contributed by atoms with Gasteiger partial charge in [-0.15, -0.1) is 0 Å². The van der Waals surface area contributed by atoms with Gasteiger partial charge in [-0.05, 0) is 36.4 Å². The lowest BCUT2D eigenvalue weighted by Crippen LogP contribution is -2.26. The van der Waals surface area contributed by atoms with Crippen LogP contribution in [0.3, 0.4) is 0 Å². The highest BCUT2D eigenvalue weighted by Crippen LogP contribution is 2.18. The van der Waals surface area contributed by atoms with Crippen molar-refractivity contribution in [2.24, 2.45) is 0 Å². The zero-order chi connectivity index (χ0) is 17.2. The minimum absolute atomic E-state index is 0.184. The number of halogens is 1. The van der Waals surface area contributed by atoms with Crippen molar-refractivity contribution in [1.29, 1.82) is 0 Å². The van der Waals surface area contributed by atoms with Gasteiger partial charge in [-0.3, -0.25) is 0 Å². The fourth-order valence-electron chi connectivity index (χ4n) is 2.33. The minimum atomic E-state index is -3.56. The lowest BCUT2D eigenvalue weighted by atomic mass is 10.3. The number of hydrogen-bond acceptors (Lipinski definition) is 4. The summed E-state index contributed by atoms with van der Waals surface area (Å²) in [5.74, 6) is 0.672. The Bertz CT molecular complexity index is 952. The second-order valence-corrected chi connectivity index (χ2v) is 7.34. The summed E-state index contributed by atoms with van der Waals surface area (Å²) in [4.78, 5) is 4.66. The second-order valence-electron chi connectivity index (χ2n) is 5.14. The number of benzene rings is 1. The number of methoxy groups -OCH3 is 1. The molecular weight excluding hydrogens is 350 g/mol. The van der Waals surface area contributed by atoms with Crippen molar-refractivity contribution in [2.75, 3.05) is 13.7 Å². The Hall–Kier alpha value is -2.09. The molecule has 8 heteroatoms. The summed E-state index contributed by atoms with van der Waals surface area (Å²) in [6.45, 7) is 0.247. The molecule has 0 saturated carbocycles. The summed E-state index contributed by atoms with van der Waals surface area (Å²) in [6, 6.07) is 9.73. The van der Waals surface area contributed by atoms with E-state index in [2.05, 4.69) is 9.71 Å². The van der Waals surface area contributed by atoms with Gasteiger partial charge in [0.15, 0.2) is 11.4 Å². The van der Waals surface area contributed by atoms with E-state index in [1.807, 2.05) is 28.9 Å². The summed E-state index contributed by atoms with van der Waals surface area (Å²) in [7, 11) is -1.97. The van der Waals surface area contributed by atoms with Crippen molar-refractivity contribution in [1.82, 2.24) is 14.1 Å². The maximum atomic E-state index is 12.2. The van der Waals surface area contributed by atoms with E-state index in [-0.39, 0.29) is 11.4 Å². The van der Waals surface area contributed by atoms with Gasteiger partial charge in [0, 0.05) is 30.4 Å². The average Bonchev–Trinajstić information content (AvgIpc) is 2.97. The first-order valence-electron chi connectivity index (χ1n) is 7.25. The molecule has 2 heterocycles. The Kier molecular flexibility index (Phi) is 4.75. The van der Waals surface area contributed by atoms with E-state index in [0.717, 1.165) is 5.69 Å². The summed E-state index contributed by atoms with van der Waals surface area (Å²) < 4.78 is 34.1. The number of nitrogens with zero attached hydrogens (tertiary/aromatic N) is 2. The van der Waals surface area contributed by atoms with Gasteiger partial charge >= 0.3 is 0 Å². The SMILES string of the molecule is COc1cccn2cc(CCNS(=O)(=O)c3ccc(Cl)cc3)nc12. The third-order valence-electron chi connectivity index (χ3n) is 3.51. The zero-order valence-corrected chi connectivity index (χ0v) is 14.5. The van der Waals surface area contributed by atoms with Gasteiger partial charge in [-0.1, -0.05) is 11.6 Å². The highest BCUT2D eigenvalue weighted by atomic mass is 35.5. The number of sulfonamides is 1. The number of rotatable bonds is 6. The summed E-state index contributed by atoms with van der Waals surface area (Å²) >= 11 is 5.77. The van der Waals surface area contributed by atoms with Crippen LogP contribution in [0.1, 0.15) is 5.69 Å². The fourth-order valence-corrected chi connectivity index (χ4v) is 3.49. The van der Waals surface area contributed by atoms with Crippen molar-refractivity contribution in [3.63, 3.8) is 0 Å². The lowest BCUT2D eigenvalue weighted by Gasteiger charge is -2.05. The largest absolute Gasteiger partial charge is 0.493 e. The molecule has 1 aromatic carbocycles. The topological polar surface area (TPSA) is 72.7 Å². The molecule has 126 valence electrons. The van der Waals surface area contributed by atoms with E-state index >= 15 is 0 Å². The highest BCUT2D eigenvalue weighted by molar-refractivity contribution is 7.89. The molecule has 3 rings (SSSR count). The molecule has 0 fully saturated rings. The molecule has 0 bridgehead atoms. The van der Waals surface area contributed by atoms with E-state index in [4.69, 9.17) is 16.3 Å². The van der Waals surface area contributed by atoms with Crippen molar-refractivity contribution >= 4 is 27.3 Å². The second kappa shape index (κ2) is 6.80. The maximum Gasteiger partial charge on any atom is 0.240 e. The molecule has 0 aliphatic heterocycles. The van der Waals surface area contributed by atoms with Gasteiger partial charge in [-0.25, -0.2) is 18.1 Å². The van der Waals surface area contributed by atoms with Gasteiger partial charge < -0.3 is 9.14 Å². The van der Waals surface area contributed by atoms with Crippen LogP contribution >= 0.6 is 11.6 Å². The minimum Gasteiger partial charge on any atom is -0.493 e. The standard InChI is InChI=1S/C16H16ClN3O3S/c1-23-15-3-2-10-20-11-13(19-16(15)20)8-9-18-24(21,22)14-6-4-12(17)5-7-14/h2-7,10-11,18H,8-9H2,1H3. The normalized spacial score (nSPS) is 11.8. The van der Waals surface area contributed by atoms with Crippen LogP contribution in [0.4, 0.5) is 0 Å². The van der Waals surface area contributed by atoms with Crippen molar-refractivity contribution in [3.05, 3.63) is 59.5 Å². The number of ether oxygens (including phenoxy) is 1. The molecule has 2 aromatic heterocycles. The first-order chi connectivity index (χ1) is 11.5. The number of pyridine rings is 1. The smallest absolute Gasteiger partial charge is 0.240 e. The number of fused-ring (bicyclic) bond motifs is 1. The van der Waals surface area contributed by atoms with Crippen LogP contribution in [0.2, 0.25) is 5.02 Å². The third-order valence-corrected chi connectivity index (χ3v) is 5.24. The van der Waals surface area contributed by atoms with E-state index in [1.165, 1.54) is 12.1 Å². The van der Waals surface area contributed by atoms with Crippen LogP contribution in [0.5, 0.6) is 5.75 Å². The number of imidazole rings is 1. The summed E-state index contributed by atoms with van der Waals surface area (Å²) in [5, 5.41) is 0.493. The molecular formula is C16H16ClN3O3S. The van der Waals surface area contributed by atoms with Gasteiger partial charge in [0.05, 0.1) is 17.7 Å². The molecule has 0 saturated heterocycles. The summed E-state index contributed by atoms with van der Waals surface area (Å²) in [6.07, 6.45) is 4.19. The van der Waals surface area contributed by atoms with Gasteiger partial charge in [0.2, 0.25) is 10.0 Å². The predicted octanol–water partition coefficient (Wildman–Crippen LogP) is 2.52. The highest BCUT2D eigenvalue weighted by Gasteiger charge is 2.14. The number of nitrogens with one attached hydrogen (secondary N) is 1. The molecule has 3 aromatic rings. The van der Waals surface area contributed by atoms with Crippen LogP contribution in [-0.4, -0.2) is 31.5 Å². The molecule has 0 amide bonds. The van der Waals surface area contributed by atoms with Gasteiger partial charge in [0.25, 0.3) is 0 Å². The average molecular weight is 366 g/mol. The van der Waals surface area contributed by atoms with Crippen LogP contribution in [0.25, 0.3) is 5.65 Å².